The molecule has 2 atom stereocenters. The summed E-state index contributed by atoms with van der Waals surface area (Å²) in [7, 11) is 0. The van der Waals surface area contributed by atoms with E-state index in [2.05, 4.69) is 13.8 Å². The van der Waals surface area contributed by atoms with Crippen LogP contribution in [0.2, 0.25) is 0 Å². The van der Waals surface area contributed by atoms with E-state index in [1.807, 2.05) is 34.6 Å². The van der Waals surface area contributed by atoms with Crippen molar-refractivity contribution in [1.29, 1.82) is 0 Å². The van der Waals surface area contributed by atoms with Gasteiger partial charge in [-0.2, -0.15) is 0 Å². The van der Waals surface area contributed by atoms with Gasteiger partial charge in [0.05, 0.1) is 6.04 Å². The predicted molar refractivity (Wildman–Crippen MR) is 74.9 cm³/mol. The van der Waals surface area contributed by atoms with Crippen LogP contribution in [0.25, 0.3) is 0 Å². The van der Waals surface area contributed by atoms with Gasteiger partial charge >= 0.3 is 6.09 Å². The fourth-order valence-electron chi connectivity index (χ4n) is 2.24. The number of rotatable bonds is 4. The molecule has 1 rings (SSSR count). The maximum Gasteiger partial charge on any atom is 0.411 e. The van der Waals surface area contributed by atoms with Crippen LogP contribution in [-0.4, -0.2) is 34.5 Å². The Hall–Kier alpha value is -1.06. The fourth-order valence-corrected chi connectivity index (χ4v) is 2.24. The highest BCUT2D eigenvalue weighted by molar-refractivity contribution is 5.94. The molecule has 1 heterocycles. The second-order valence-corrected chi connectivity index (χ2v) is 7.09. The lowest BCUT2D eigenvalue weighted by molar-refractivity contribution is -0.122. The molecule has 0 aromatic heterocycles. The zero-order valence-electron chi connectivity index (χ0n) is 13.2. The minimum Gasteiger partial charge on any atom is -0.444 e. The number of hydrogen-bond acceptors (Lipinski definition) is 3. The van der Waals surface area contributed by atoms with Gasteiger partial charge in [-0.1, -0.05) is 27.7 Å². The Morgan fingerprint density at radius 2 is 1.68 bits per heavy atom. The molecule has 0 N–H and O–H groups in total. The number of carbonyl (C=O) groups excluding carboxylic acids is 2. The van der Waals surface area contributed by atoms with Crippen molar-refractivity contribution in [3.63, 3.8) is 0 Å². The summed E-state index contributed by atoms with van der Waals surface area (Å²) in [6.07, 6.45) is 0.486. The molecule has 110 valence electrons. The van der Waals surface area contributed by atoms with Gasteiger partial charge in [0, 0.05) is 5.92 Å². The Labute approximate surface area is 116 Å². The smallest absolute Gasteiger partial charge is 0.411 e. The van der Waals surface area contributed by atoms with Gasteiger partial charge in [0.2, 0.25) is 0 Å². The van der Waals surface area contributed by atoms with Crippen molar-refractivity contribution in [3.05, 3.63) is 0 Å². The van der Waals surface area contributed by atoms with Crippen LogP contribution < -0.4 is 0 Å². The summed E-state index contributed by atoms with van der Waals surface area (Å²) < 4.78 is 5.37. The van der Waals surface area contributed by atoms with Crippen LogP contribution in [-0.2, 0) is 9.53 Å². The van der Waals surface area contributed by atoms with Gasteiger partial charge in [-0.05, 0) is 33.1 Å². The van der Waals surface area contributed by atoms with E-state index in [0.717, 1.165) is 6.42 Å². The van der Waals surface area contributed by atoms with Gasteiger partial charge < -0.3 is 4.74 Å². The molecular formula is C15H27NO3. The normalized spacial score (nSPS) is 22.9. The average Bonchev–Trinajstić information content (AvgIpc) is 2.86. The zero-order chi connectivity index (χ0) is 15.0. The second-order valence-electron chi connectivity index (χ2n) is 7.09. The second kappa shape index (κ2) is 5.51. The number of Topliss-reactive ketones (excluding diaryl/α,β-unsaturated/α-hetero) is 1. The maximum absolute atomic E-state index is 12.1. The monoisotopic (exact) mass is 269 g/mol. The summed E-state index contributed by atoms with van der Waals surface area (Å²) in [6.45, 7) is 13.5. The Morgan fingerprint density at radius 1 is 1.16 bits per heavy atom. The summed E-state index contributed by atoms with van der Waals surface area (Å²) in [5.74, 6) is 0.545. The molecule has 1 aliphatic rings. The van der Waals surface area contributed by atoms with E-state index in [4.69, 9.17) is 4.74 Å². The van der Waals surface area contributed by atoms with E-state index >= 15 is 0 Å². The van der Waals surface area contributed by atoms with Crippen molar-refractivity contribution in [2.45, 2.75) is 72.6 Å². The third-order valence-electron chi connectivity index (χ3n) is 3.11. The van der Waals surface area contributed by atoms with Crippen molar-refractivity contribution < 1.29 is 14.3 Å². The van der Waals surface area contributed by atoms with Gasteiger partial charge in [-0.15, -0.1) is 0 Å². The Bertz CT molecular complexity index is 355. The summed E-state index contributed by atoms with van der Waals surface area (Å²) in [5.41, 5.74) is -0.520. The van der Waals surface area contributed by atoms with Crippen molar-refractivity contribution in [1.82, 2.24) is 4.90 Å². The molecule has 0 bridgehead atoms. The number of ether oxygens (including phenoxy) is 1. The van der Waals surface area contributed by atoms with Gasteiger partial charge in [0.1, 0.15) is 11.6 Å². The Kier molecular flexibility index (Phi) is 4.64. The molecular weight excluding hydrogens is 242 g/mol. The van der Waals surface area contributed by atoms with Crippen LogP contribution >= 0.6 is 0 Å². The third kappa shape index (κ3) is 4.22. The minimum absolute atomic E-state index is 0.0183. The molecule has 2 unspecified atom stereocenters. The number of carbonyl (C=O) groups is 2. The molecule has 1 aliphatic heterocycles. The van der Waals surface area contributed by atoms with Crippen molar-refractivity contribution in [3.8, 4) is 0 Å². The van der Waals surface area contributed by atoms with E-state index in [-0.39, 0.29) is 29.9 Å². The fraction of sp³-hybridized carbons (Fsp3) is 0.867. The number of hydrogen-bond donors (Lipinski definition) is 0. The standard InChI is InChI=1S/C15H27NO3/c1-9(2)8-11-12(13(17)10(3)4)16(11)14(18)19-15(5,6)7/h9-12H,8H2,1-7H3. The minimum atomic E-state index is -0.520. The topological polar surface area (TPSA) is 46.4 Å². The van der Waals surface area contributed by atoms with E-state index in [1.165, 1.54) is 0 Å². The first-order valence-corrected chi connectivity index (χ1v) is 7.09. The number of amides is 1. The van der Waals surface area contributed by atoms with E-state index in [9.17, 15) is 9.59 Å². The number of ketones is 1. The quantitative estimate of drug-likeness (QED) is 0.736. The third-order valence-corrected chi connectivity index (χ3v) is 3.11. The highest BCUT2D eigenvalue weighted by Gasteiger charge is 2.56. The zero-order valence-corrected chi connectivity index (χ0v) is 13.2. The number of nitrogens with zero attached hydrogens (tertiary/aromatic N) is 1. The van der Waals surface area contributed by atoms with E-state index in [0.29, 0.717) is 5.92 Å². The molecule has 0 saturated carbocycles. The molecule has 0 aromatic carbocycles. The van der Waals surface area contributed by atoms with Gasteiger partial charge in [0.25, 0.3) is 0 Å². The Balaban J connectivity index is 2.74. The maximum atomic E-state index is 12.1. The summed E-state index contributed by atoms with van der Waals surface area (Å²) in [6, 6.07) is -0.262. The molecule has 1 saturated heterocycles. The summed E-state index contributed by atoms with van der Waals surface area (Å²) >= 11 is 0. The highest BCUT2D eigenvalue weighted by Crippen LogP contribution is 2.37. The van der Waals surface area contributed by atoms with Crippen LogP contribution in [0.3, 0.4) is 0 Å². The first-order valence-electron chi connectivity index (χ1n) is 7.09. The molecule has 0 aromatic rings. The Morgan fingerprint density at radius 3 is 2.05 bits per heavy atom. The molecule has 0 aliphatic carbocycles. The lowest BCUT2D eigenvalue weighted by Crippen LogP contribution is -2.30. The molecule has 0 radical (unpaired) electrons. The molecule has 4 nitrogen and oxygen atoms in total. The predicted octanol–water partition coefficient (Wildman–Crippen LogP) is 3.25. The van der Waals surface area contributed by atoms with Crippen molar-refractivity contribution in [2.24, 2.45) is 11.8 Å². The first kappa shape index (κ1) is 16.0. The molecule has 4 heteroatoms. The van der Waals surface area contributed by atoms with Crippen LogP contribution in [0, 0.1) is 11.8 Å². The molecule has 0 spiro atoms. The first-order chi connectivity index (χ1) is 8.54. The van der Waals surface area contributed by atoms with Gasteiger partial charge in [-0.3, -0.25) is 9.69 Å². The van der Waals surface area contributed by atoms with Crippen LogP contribution in [0.15, 0.2) is 0 Å². The van der Waals surface area contributed by atoms with Crippen molar-refractivity contribution >= 4 is 11.9 Å². The van der Waals surface area contributed by atoms with Gasteiger partial charge in [-0.25, -0.2) is 4.79 Å². The highest BCUT2D eigenvalue weighted by atomic mass is 16.6. The van der Waals surface area contributed by atoms with Crippen LogP contribution in [0.4, 0.5) is 4.79 Å². The average molecular weight is 269 g/mol. The lowest BCUT2D eigenvalue weighted by atomic mass is 10.00. The van der Waals surface area contributed by atoms with E-state index in [1.54, 1.807) is 4.90 Å². The largest absolute Gasteiger partial charge is 0.444 e. The molecule has 1 fully saturated rings. The van der Waals surface area contributed by atoms with Crippen LogP contribution in [0.1, 0.15) is 54.9 Å². The summed E-state index contributed by atoms with van der Waals surface area (Å²) in [4.78, 5) is 25.8. The SMILES string of the molecule is CC(C)CC1C(C(=O)C(C)C)N1C(=O)OC(C)(C)C. The van der Waals surface area contributed by atoms with Crippen LogP contribution in [0.5, 0.6) is 0 Å². The summed E-state index contributed by atoms with van der Waals surface area (Å²) in [5, 5.41) is 0. The lowest BCUT2D eigenvalue weighted by Gasteiger charge is -2.20. The van der Waals surface area contributed by atoms with Gasteiger partial charge in [0.15, 0.2) is 5.78 Å². The van der Waals surface area contributed by atoms with E-state index < -0.39 is 5.60 Å². The van der Waals surface area contributed by atoms with Crippen molar-refractivity contribution in [2.75, 3.05) is 0 Å². The molecule has 19 heavy (non-hydrogen) atoms. The molecule has 1 amide bonds.